The van der Waals surface area contributed by atoms with Crippen LogP contribution in [-0.2, 0) is 20.9 Å². The van der Waals surface area contributed by atoms with Crippen molar-refractivity contribution in [3.8, 4) is 11.5 Å². The number of likely N-dealkylation sites (tertiary alicyclic amines) is 1. The van der Waals surface area contributed by atoms with Crippen molar-refractivity contribution in [2.24, 2.45) is 5.73 Å². The Balaban J connectivity index is 1.57. The summed E-state index contributed by atoms with van der Waals surface area (Å²) < 4.78 is 18.3. The first kappa shape index (κ1) is 58.8. The quantitative estimate of drug-likeness (QED) is 0.0517. The minimum absolute atomic E-state index is 0.0943. The van der Waals surface area contributed by atoms with Gasteiger partial charge >= 0.3 is 5.97 Å². The number of nitrogens with two attached hydrogens (primary N) is 1. The molecule has 1 heterocycles. The molecule has 1 aliphatic rings. The molecule has 0 bridgehead atoms. The second-order valence-electron chi connectivity index (χ2n) is 20.0. The molecular formula is C58H106N2O5. The molecule has 7 heteroatoms. The smallest absolute Gasteiger partial charge is 0.329 e. The number of carbonyl (C=O) groups excluding carboxylic acids is 2. The summed E-state index contributed by atoms with van der Waals surface area (Å²) in [6, 6.07) is 5.36. The van der Waals surface area contributed by atoms with E-state index in [4.69, 9.17) is 19.9 Å². The first-order valence-corrected chi connectivity index (χ1v) is 28.6. The molecular weight excluding hydrogens is 805 g/mol. The second-order valence-corrected chi connectivity index (χ2v) is 20.0. The van der Waals surface area contributed by atoms with Gasteiger partial charge in [-0.1, -0.05) is 258 Å². The van der Waals surface area contributed by atoms with Crippen LogP contribution >= 0.6 is 0 Å². The summed E-state index contributed by atoms with van der Waals surface area (Å²) in [4.78, 5) is 26.9. The van der Waals surface area contributed by atoms with Gasteiger partial charge in [0, 0.05) is 12.6 Å². The fraction of sp³-hybridized carbons (Fsp3) is 0.862. The highest BCUT2D eigenvalue weighted by Gasteiger charge is 2.34. The number of hydrogen-bond donors (Lipinski definition) is 1. The van der Waals surface area contributed by atoms with E-state index in [-0.39, 0.29) is 25.0 Å². The molecule has 1 amide bonds. The van der Waals surface area contributed by atoms with E-state index in [1.165, 1.54) is 244 Å². The van der Waals surface area contributed by atoms with Gasteiger partial charge in [0.05, 0.1) is 19.8 Å². The summed E-state index contributed by atoms with van der Waals surface area (Å²) in [5.41, 5.74) is 6.44. The van der Waals surface area contributed by atoms with Crippen molar-refractivity contribution < 1.29 is 23.8 Å². The van der Waals surface area contributed by atoms with E-state index in [1.807, 2.05) is 18.2 Å². The fourth-order valence-electron chi connectivity index (χ4n) is 9.65. The van der Waals surface area contributed by atoms with Gasteiger partial charge in [0.1, 0.15) is 24.1 Å². The molecule has 0 unspecified atom stereocenters. The highest BCUT2D eigenvalue weighted by atomic mass is 16.5. The number of amides is 1. The zero-order chi connectivity index (χ0) is 46.5. The Morgan fingerprint density at radius 1 is 0.477 bits per heavy atom. The Bertz CT molecular complexity index is 1160. The van der Waals surface area contributed by atoms with Gasteiger partial charge in [0.25, 0.3) is 0 Å². The highest BCUT2D eigenvalue weighted by Crippen LogP contribution is 2.26. The predicted molar refractivity (Wildman–Crippen MR) is 277 cm³/mol. The molecule has 1 aromatic carbocycles. The van der Waals surface area contributed by atoms with E-state index < -0.39 is 6.04 Å². The lowest BCUT2D eigenvalue weighted by Gasteiger charge is -2.22. The summed E-state index contributed by atoms with van der Waals surface area (Å²) in [5, 5.41) is 0. The first-order chi connectivity index (χ1) is 32.1. The highest BCUT2D eigenvalue weighted by molar-refractivity contribution is 5.86. The van der Waals surface area contributed by atoms with Crippen molar-refractivity contribution >= 4 is 11.9 Å². The van der Waals surface area contributed by atoms with Crippen LogP contribution in [0, 0.1) is 0 Å². The summed E-state index contributed by atoms with van der Waals surface area (Å²) in [6.45, 7) is 6.50. The van der Waals surface area contributed by atoms with Crippen LogP contribution in [0.1, 0.15) is 289 Å². The Hall–Kier alpha value is -2.28. The molecule has 1 fully saturated rings. The van der Waals surface area contributed by atoms with Crippen LogP contribution in [0.2, 0.25) is 0 Å². The summed E-state index contributed by atoms with van der Waals surface area (Å²) in [6.07, 6.45) is 56.2. The summed E-state index contributed by atoms with van der Waals surface area (Å²) in [7, 11) is 0. The van der Waals surface area contributed by atoms with Crippen LogP contribution in [-0.4, -0.2) is 49.1 Å². The SMILES string of the molecule is CCCCCCCCCCCCCCCCCCCCCCOc1cc(COC(=O)[C@@H]2CCCN2C(=O)CN)cc(OCCCCCCCCCCCCCCCCCCCCCC)c1. The molecule has 0 saturated carbocycles. The fourth-order valence-corrected chi connectivity index (χ4v) is 9.65. The van der Waals surface area contributed by atoms with Crippen molar-refractivity contribution in [2.75, 3.05) is 26.3 Å². The van der Waals surface area contributed by atoms with E-state index in [0.717, 1.165) is 36.3 Å². The van der Waals surface area contributed by atoms with Gasteiger partial charge in [-0.3, -0.25) is 4.79 Å². The molecule has 7 nitrogen and oxygen atoms in total. The largest absolute Gasteiger partial charge is 0.493 e. The number of esters is 1. The molecule has 0 aromatic heterocycles. The standard InChI is InChI=1S/C58H106N2O5/c1-3-5-7-9-11-13-15-17-19-21-23-25-27-29-31-33-35-37-39-41-46-63-54-48-53(52-65-58(62)56-44-43-45-60(56)57(61)51-59)49-55(50-54)64-47-42-40-38-36-34-32-30-28-26-24-22-20-18-16-14-12-10-8-6-4-2/h48-50,56H,3-47,51-52,59H2,1-2H3/t56-/m0/s1. The lowest BCUT2D eigenvalue weighted by atomic mass is 10.0. The number of nitrogens with zero attached hydrogens (tertiary/aromatic N) is 1. The molecule has 0 radical (unpaired) electrons. The molecule has 2 rings (SSSR count). The average molecular weight is 911 g/mol. The number of carbonyl (C=O) groups is 2. The van der Waals surface area contributed by atoms with Crippen LogP contribution in [0.25, 0.3) is 0 Å². The average Bonchev–Trinajstić information content (AvgIpc) is 3.82. The second kappa shape index (κ2) is 44.2. The van der Waals surface area contributed by atoms with Gasteiger partial charge in [0.15, 0.2) is 0 Å². The number of hydrogen-bond acceptors (Lipinski definition) is 6. The minimum Gasteiger partial charge on any atom is -0.493 e. The zero-order valence-corrected chi connectivity index (χ0v) is 43.1. The molecule has 1 saturated heterocycles. The number of unbranched alkanes of at least 4 members (excludes halogenated alkanes) is 38. The Kier molecular flexibility index (Phi) is 40.0. The lowest BCUT2D eigenvalue weighted by molar-refractivity contribution is -0.154. The molecule has 1 aromatic rings. The van der Waals surface area contributed by atoms with Crippen molar-refractivity contribution in [1.82, 2.24) is 4.90 Å². The maximum Gasteiger partial charge on any atom is 0.329 e. The monoisotopic (exact) mass is 911 g/mol. The van der Waals surface area contributed by atoms with E-state index >= 15 is 0 Å². The van der Waals surface area contributed by atoms with Crippen LogP contribution < -0.4 is 15.2 Å². The van der Waals surface area contributed by atoms with E-state index in [0.29, 0.717) is 26.2 Å². The van der Waals surface area contributed by atoms with Crippen molar-refractivity contribution in [3.05, 3.63) is 23.8 Å². The molecule has 1 atom stereocenters. The normalized spacial score (nSPS) is 13.8. The minimum atomic E-state index is -0.556. The van der Waals surface area contributed by atoms with Crippen molar-refractivity contribution in [3.63, 3.8) is 0 Å². The first-order valence-electron chi connectivity index (χ1n) is 28.6. The zero-order valence-electron chi connectivity index (χ0n) is 43.1. The third kappa shape index (κ3) is 33.8. The van der Waals surface area contributed by atoms with E-state index in [9.17, 15) is 9.59 Å². The Morgan fingerprint density at radius 3 is 1.09 bits per heavy atom. The maximum absolute atomic E-state index is 13.0. The van der Waals surface area contributed by atoms with Gasteiger partial charge in [-0.25, -0.2) is 4.79 Å². The van der Waals surface area contributed by atoms with Gasteiger partial charge in [0.2, 0.25) is 5.91 Å². The summed E-state index contributed by atoms with van der Waals surface area (Å²) >= 11 is 0. The number of ether oxygens (including phenoxy) is 3. The lowest BCUT2D eigenvalue weighted by Crippen LogP contribution is -2.44. The van der Waals surface area contributed by atoms with Gasteiger partial charge in [-0.15, -0.1) is 0 Å². The predicted octanol–water partition coefficient (Wildman–Crippen LogP) is 17.1. The molecule has 2 N–H and O–H groups in total. The van der Waals surface area contributed by atoms with E-state index in [1.54, 1.807) is 4.90 Å². The molecule has 1 aliphatic heterocycles. The molecule has 0 spiro atoms. The van der Waals surface area contributed by atoms with Gasteiger partial charge < -0.3 is 24.8 Å². The topological polar surface area (TPSA) is 91.1 Å². The summed E-state index contributed by atoms with van der Waals surface area (Å²) in [5.74, 6) is 0.948. The van der Waals surface area contributed by atoms with Crippen LogP contribution in [0.4, 0.5) is 0 Å². The number of benzene rings is 1. The maximum atomic E-state index is 13.0. The third-order valence-electron chi connectivity index (χ3n) is 13.9. The Labute approximate surface area is 402 Å². The van der Waals surface area contributed by atoms with Crippen LogP contribution in [0.3, 0.4) is 0 Å². The molecule has 65 heavy (non-hydrogen) atoms. The molecule has 378 valence electrons. The van der Waals surface area contributed by atoms with Crippen molar-refractivity contribution in [2.45, 2.75) is 296 Å². The van der Waals surface area contributed by atoms with Crippen LogP contribution in [0.15, 0.2) is 18.2 Å². The third-order valence-corrected chi connectivity index (χ3v) is 13.9. The van der Waals surface area contributed by atoms with E-state index in [2.05, 4.69) is 13.8 Å². The van der Waals surface area contributed by atoms with Crippen LogP contribution in [0.5, 0.6) is 11.5 Å². The van der Waals surface area contributed by atoms with Gasteiger partial charge in [-0.05, 0) is 43.4 Å². The van der Waals surface area contributed by atoms with Gasteiger partial charge in [-0.2, -0.15) is 0 Å². The van der Waals surface area contributed by atoms with Crippen molar-refractivity contribution in [1.29, 1.82) is 0 Å². The number of rotatable bonds is 48. The molecule has 0 aliphatic carbocycles. The Morgan fingerprint density at radius 2 is 0.785 bits per heavy atom.